The number of aliphatic hydroxyl groups excluding tert-OH is 1. The lowest BCUT2D eigenvalue weighted by Crippen LogP contribution is -2.48. The van der Waals surface area contributed by atoms with Crippen LogP contribution in [0.2, 0.25) is 36.3 Å². The van der Waals surface area contributed by atoms with Crippen LogP contribution < -0.4 is 0 Å². The monoisotopic (exact) mass is 671 g/mol. The van der Waals surface area contributed by atoms with Crippen LogP contribution in [-0.4, -0.2) is 78.2 Å². The third kappa shape index (κ3) is 13.8. The van der Waals surface area contributed by atoms with Crippen molar-refractivity contribution < 1.29 is 28.2 Å². The van der Waals surface area contributed by atoms with Crippen molar-refractivity contribution >= 4 is 16.6 Å². The highest BCUT2D eigenvalue weighted by atomic mass is 28.4. The quantitative estimate of drug-likeness (QED) is 0.130. The summed E-state index contributed by atoms with van der Waals surface area (Å²) in [5.41, 5.74) is 0. The Kier molecular flexibility index (Phi) is 16.0. The van der Waals surface area contributed by atoms with Crippen molar-refractivity contribution in [2.24, 2.45) is 11.8 Å². The molecular formula is C37H74O6Si2. The number of methoxy groups -OCH3 is 1. The molecule has 2 aliphatic heterocycles. The zero-order chi connectivity index (χ0) is 34.2. The van der Waals surface area contributed by atoms with Gasteiger partial charge in [0.15, 0.2) is 16.6 Å². The van der Waals surface area contributed by atoms with Gasteiger partial charge in [0.2, 0.25) is 0 Å². The second-order valence-corrected chi connectivity index (χ2v) is 27.4. The fraction of sp³-hybridized carbons (Fsp3) is 0.946. The van der Waals surface area contributed by atoms with E-state index < -0.39 is 22.7 Å². The molecule has 2 rings (SSSR count). The third-order valence-corrected chi connectivity index (χ3v) is 20.3. The van der Waals surface area contributed by atoms with Crippen molar-refractivity contribution in [2.45, 2.75) is 199 Å². The molecule has 45 heavy (non-hydrogen) atoms. The molecule has 0 aliphatic carbocycles. The summed E-state index contributed by atoms with van der Waals surface area (Å²) in [5.74, 6) is 1.07. The van der Waals surface area contributed by atoms with Gasteiger partial charge < -0.3 is 28.2 Å². The molecule has 0 aromatic heterocycles. The lowest BCUT2D eigenvalue weighted by molar-refractivity contribution is -0.131. The molecule has 2 aliphatic rings. The van der Waals surface area contributed by atoms with Gasteiger partial charge >= 0.3 is 0 Å². The number of allylic oxidation sites excluding steroid dienone is 1. The van der Waals surface area contributed by atoms with Crippen LogP contribution >= 0.6 is 0 Å². The molecule has 8 atom stereocenters. The molecule has 0 spiro atoms. The molecule has 6 nitrogen and oxygen atoms in total. The lowest BCUT2D eigenvalue weighted by Gasteiger charge is -2.44. The summed E-state index contributed by atoms with van der Waals surface area (Å²) in [6, 6.07) is 0. The maximum Gasteiger partial charge on any atom is 0.192 e. The van der Waals surface area contributed by atoms with Crippen molar-refractivity contribution in [3.8, 4) is 0 Å². The molecule has 0 aromatic rings. The smallest absolute Gasteiger partial charge is 0.192 e. The second-order valence-electron chi connectivity index (χ2n) is 17.8. The Morgan fingerprint density at radius 3 is 2.04 bits per heavy atom. The molecule has 0 saturated carbocycles. The Morgan fingerprint density at radius 1 is 0.844 bits per heavy atom. The normalized spacial score (nSPS) is 29.0. The van der Waals surface area contributed by atoms with E-state index >= 15 is 0 Å². The Hall–Kier alpha value is -0.0662. The van der Waals surface area contributed by atoms with Gasteiger partial charge in [-0.3, -0.25) is 0 Å². The van der Waals surface area contributed by atoms with Crippen LogP contribution in [-0.2, 0) is 23.1 Å². The van der Waals surface area contributed by atoms with Crippen LogP contribution in [0.5, 0.6) is 0 Å². The number of ether oxygens (including phenoxy) is 3. The van der Waals surface area contributed by atoms with Gasteiger partial charge in [0.25, 0.3) is 0 Å². The summed E-state index contributed by atoms with van der Waals surface area (Å²) in [7, 11) is -1.90. The third-order valence-electron chi connectivity index (χ3n) is 11.2. The number of hydrogen-bond acceptors (Lipinski definition) is 6. The van der Waals surface area contributed by atoms with Crippen LogP contribution in [0.15, 0.2) is 12.2 Å². The largest absolute Gasteiger partial charge is 0.417 e. The molecule has 0 bridgehead atoms. The molecule has 0 unspecified atom stereocenters. The second kappa shape index (κ2) is 17.5. The molecule has 8 heteroatoms. The minimum Gasteiger partial charge on any atom is -0.417 e. The Labute approximate surface area is 281 Å². The first kappa shape index (κ1) is 41.1. The van der Waals surface area contributed by atoms with E-state index in [0.29, 0.717) is 18.3 Å². The predicted molar refractivity (Wildman–Crippen MR) is 194 cm³/mol. The Balaban J connectivity index is 2.07. The number of aliphatic hydroxyl groups is 1. The first-order valence-corrected chi connectivity index (χ1v) is 23.9. The molecule has 2 saturated heterocycles. The summed E-state index contributed by atoms with van der Waals surface area (Å²) in [6.45, 7) is 30.7. The maximum absolute atomic E-state index is 10.6. The zero-order valence-corrected chi connectivity index (χ0v) is 33.9. The lowest BCUT2D eigenvalue weighted by atomic mass is 9.87. The summed E-state index contributed by atoms with van der Waals surface area (Å²) in [6.07, 6.45) is 12.5. The van der Waals surface area contributed by atoms with Gasteiger partial charge in [-0.1, -0.05) is 74.5 Å². The summed E-state index contributed by atoms with van der Waals surface area (Å²) < 4.78 is 33.1. The molecule has 0 amide bonds. The SMILES string of the molecule is CO[C@@H](C[C@@H]1C[C@@H](O[Si](C)(C)C(C)(C)C)C[C@H](CCO[Si](C)(C)C(C)(C)C)O1)C[C@H]1O[C@H](C[C@@H](O)/C=C/CC(C)C)CC[C@@H]1C. The van der Waals surface area contributed by atoms with Gasteiger partial charge in [0, 0.05) is 32.7 Å². The van der Waals surface area contributed by atoms with Crippen LogP contribution in [0.25, 0.3) is 0 Å². The van der Waals surface area contributed by atoms with E-state index in [1.54, 1.807) is 0 Å². The van der Waals surface area contributed by atoms with E-state index in [-0.39, 0.29) is 46.7 Å². The van der Waals surface area contributed by atoms with E-state index in [0.717, 1.165) is 58.0 Å². The van der Waals surface area contributed by atoms with Crippen LogP contribution in [0.3, 0.4) is 0 Å². The van der Waals surface area contributed by atoms with E-state index in [1.807, 2.05) is 13.2 Å². The van der Waals surface area contributed by atoms with Gasteiger partial charge in [-0.15, -0.1) is 0 Å². The topological polar surface area (TPSA) is 66.4 Å². The Bertz CT molecular complexity index is 877. The first-order valence-electron chi connectivity index (χ1n) is 18.1. The maximum atomic E-state index is 10.6. The van der Waals surface area contributed by atoms with Crippen molar-refractivity contribution in [2.75, 3.05) is 13.7 Å². The first-order chi connectivity index (χ1) is 20.6. The summed E-state index contributed by atoms with van der Waals surface area (Å²) >= 11 is 0. The fourth-order valence-electron chi connectivity index (χ4n) is 6.00. The van der Waals surface area contributed by atoms with Crippen LogP contribution in [0, 0.1) is 11.8 Å². The van der Waals surface area contributed by atoms with Gasteiger partial charge in [-0.2, -0.15) is 0 Å². The summed E-state index contributed by atoms with van der Waals surface area (Å²) in [5, 5.41) is 11.0. The highest BCUT2D eigenvalue weighted by Crippen LogP contribution is 2.41. The van der Waals surface area contributed by atoms with E-state index in [2.05, 4.69) is 94.6 Å². The van der Waals surface area contributed by atoms with Crippen LogP contribution in [0.4, 0.5) is 0 Å². The molecular weight excluding hydrogens is 597 g/mol. The van der Waals surface area contributed by atoms with E-state index in [9.17, 15) is 5.11 Å². The average molecular weight is 671 g/mol. The molecule has 0 aromatic carbocycles. The van der Waals surface area contributed by atoms with Crippen molar-refractivity contribution in [1.82, 2.24) is 0 Å². The van der Waals surface area contributed by atoms with Gasteiger partial charge in [0.05, 0.1) is 36.6 Å². The van der Waals surface area contributed by atoms with Crippen molar-refractivity contribution in [1.29, 1.82) is 0 Å². The predicted octanol–water partition coefficient (Wildman–Crippen LogP) is 9.67. The highest BCUT2D eigenvalue weighted by Gasteiger charge is 2.43. The summed E-state index contributed by atoms with van der Waals surface area (Å²) in [4.78, 5) is 0. The highest BCUT2D eigenvalue weighted by molar-refractivity contribution is 6.74. The van der Waals surface area contributed by atoms with Crippen molar-refractivity contribution in [3.63, 3.8) is 0 Å². The standard InChI is InChI=1S/C37H74O6Si2/c1-27(2)16-15-17-29(38)22-30-19-18-28(3)35(42-30)26-32(39-10)24-33-25-34(43-45(13,14)37(7,8)9)23-31(41-33)20-21-40-44(11,12)36(4,5)6/h15,17,27-35,38H,16,18-26H2,1-14H3/b17-15+/t28-,29-,30-,31-,32-,33+,34-,35+/m0/s1. The zero-order valence-electron chi connectivity index (χ0n) is 31.9. The van der Waals surface area contributed by atoms with E-state index in [4.69, 9.17) is 23.1 Å². The van der Waals surface area contributed by atoms with Crippen LogP contribution in [0.1, 0.15) is 120 Å². The molecule has 1 N–H and O–H groups in total. The Morgan fingerprint density at radius 2 is 1.47 bits per heavy atom. The molecule has 266 valence electrons. The molecule has 0 radical (unpaired) electrons. The molecule has 2 heterocycles. The fourth-order valence-corrected chi connectivity index (χ4v) is 8.44. The average Bonchev–Trinajstić information content (AvgIpc) is 2.88. The van der Waals surface area contributed by atoms with E-state index in [1.165, 1.54) is 0 Å². The number of hydrogen-bond donors (Lipinski definition) is 1. The van der Waals surface area contributed by atoms with Gasteiger partial charge in [-0.25, -0.2) is 0 Å². The van der Waals surface area contributed by atoms with Gasteiger partial charge in [0.1, 0.15) is 0 Å². The minimum atomic E-state index is -1.92. The number of rotatable bonds is 16. The molecule has 2 fully saturated rings. The van der Waals surface area contributed by atoms with Gasteiger partial charge in [-0.05, 0) is 93.0 Å². The minimum absolute atomic E-state index is 0.0489. The van der Waals surface area contributed by atoms with Crippen molar-refractivity contribution in [3.05, 3.63) is 12.2 Å².